The van der Waals surface area contributed by atoms with Gasteiger partial charge >= 0.3 is 23.9 Å². The van der Waals surface area contributed by atoms with Crippen LogP contribution in [0.1, 0.15) is 12.8 Å². The number of carbonyl (C=O) groups is 3. The molecule has 0 saturated heterocycles. The van der Waals surface area contributed by atoms with Crippen LogP contribution in [0.25, 0.3) is 0 Å². The summed E-state index contributed by atoms with van der Waals surface area (Å²) in [6.07, 6.45) is -5.74. The molecule has 10 heteroatoms. The minimum atomic E-state index is -1.93. The number of aliphatic carboxylic acids is 4. The first-order valence-corrected chi connectivity index (χ1v) is 4.45. The first-order chi connectivity index (χ1) is 8.27. The Morgan fingerprint density at radius 2 is 1.44 bits per heavy atom. The van der Waals surface area contributed by atoms with E-state index in [0.717, 1.165) is 0 Å². The van der Waals surface area contributed by atoms with Gasteiger partial charge in [-0.05, 0) is 0 Å². The molecule has 0 spiro atoms. The summed E-state index contributed by atoms with van der Waals surface area (Å²) in [7, 11) is 0. The molecule has 2 atom stereocenters. The molecule has 0 rings (SSSR count). The molecular formula is C8H10O10. The van der Waals surface area contributed by atoms with Gasteiger partial charge in [0, 0.05) is 0 Å². The van der Waals surface area contributed by atoms with E-state index in [1.807, 2.05) is 0 Å². The average Bonchev–Trinajstić information content (AvgIpc) is 2.24. The molecule has 0 saturated carbocycles. The molecule has 2 unspecified atom stereocenters. The number of aliphatic hydroxyl groups excluding tert-OH is 1. The summed E-state index contributed by atoms with van der Waals surface area (Å²) in [5.41, 5.74) is 0. The van der Waals surface area contributed by atoms with E-state index in [4.69, 9.17) is 20.4 Å². The predicted molar refractivity (Wildman–Crippen MR) is 48.4 cm³/mol. The maximum atomic E-state index is 10.6. The topological polar surface area (TPSA) is 176 Å². The Morgan fingerprint density at radius 1 is 1.00 bits per heavy atom. The number of ether oxygens (including phenoxy) is 1. The van der Waals surface area contributed by atoms with Crippen molar-refractivity contribution in [2.24, 2.45) is 0 Å². The minimum Gasteiger partial charge on any atom is -0.588 e. The highest BCUT2D eigenvalue weighted by Gasteiger charge is 2.35. The van der Waals surface area contributed by atoms with Crippen LogP contribution in [0.3, 0.4) is 0 Å². The van der Waals surface area contributed by atoms with Gasteiger partial charge in [-0.3, -0.25) is 14.2 Å². The van der Waals surface area contributed by atoms with Crippen LogP contribution in [0, 0.1) is 0 Å². The van der Waals surface area contributed by atoms with Gasteiger partial charge in [-0.2, -0.15) is 0 Å². The van der Waals surface area contributed by atoms with Crippen LogP contribution in [0.15, 0.2) is 0 Å². The fraction of sp³-hybridized carbons (Fsp3) is 0.500. The molecule has 18 heavy (non-hydrogen) atoms. The van der Waals surface area contributed by atoms with Gasteiger partial charge < -0.3 is 30.4 Å². The molecule has 0 heterocycles. The molecular weight excluding hydrogens is 256 g/mol. The summed E-state index contributed by atoms with van der Waals surface area (Å²) in [4.78, 5) is 31.3. The van der Waals surface area contributed by atoms with Crippen LogP contribution in [0.4, 0.5) is 0 Å². The van der Waals surface area contributed by atoms with E-state index in [1.54, 1.807) is 0 Å². The molecule has 0 aromatic carbocycles. The molecule has 0 aromatic rings. The molecule has 0 aromatic heterocycles. The minimum absolute atomic E-state index is 0.961. The first kappa shape index (κ1) is 15.6. The van der Waals surface area contributed by atoms with E-state index >= 15 is 0 Å². The van der Waals surface area contributed by atoms with Crippen LogP contribution < -0.4 is 5.26 Å². The van der Waals surface area contributed by atoms with E-state index in [1.165, 1.54) is 0 Å². The second-order valence-corrected chi connectivity index (χ2v) is 3.07. The summed E-state index contributed by atoms with van der Waals surface area (Å²) in [6, 6.07) is 0. The van der Waals surface area contributed by atoms with Crippen LogP contribution in [0.2, 0.25) is 0 Å². The average molecular weight is 266 g/mol. The highest BCUT2D eigenvalue weighted by atomic mass is 17.1. The van der Waals surface area contributed by atoms with Gasteiger partial charge in [0.25, 0.3) is 0 Å². The third-order valence-electron chi connectivity index (χ3n) is 1.68. The van der Waals surface area contributed by atoms with Gasteiger partial charge in [0.1, 0.15) is 0 Å². The molecule has 4 N–H and O–H groups in total. The molecule has 0 radical (unpaired) electrons. The van der Waals surface area contributed by atoms with E-state index < -0.39 is 48.9 Å². The SMILES string of the molecule is O=C(O)CC(OC(CC(=O)O)C(O)=[O+][O-])C(=O)O. The zero-order valence-electron chi connectivity index (χ0n) is 8.81. The van der Waals surface area contributed by atoms with E-state index in [0.29, 0.717) is 0 Å². The van der Waals surface area contributed by atoms with Crippen molar-refractivity contribution in [1.29, 1.82) is 0 Å². The van der Waals surface area contributed by atoms with Crippen molar-refractivity contribution in [3.05, 3.63) is 0 Å². The van der Waals surface area contributed by atoms with Crippen molar-refractivity contribution in [2.75, 3.05) is 0 Å². The Labute approximate surface area is 99.3 Å². The first-order valence-electron chi connectivity index (χ1n) is 4.45. The van der Waals surface area contributed by atoms with Crippen LogP contribution in [-0.4, -0.2) is 56.5 Å². The van der Waals surface area contributed by atoms with Gasteiger partial charge in [0.2, 0.25) is 6.10 Å². The van der Waals surface area contributed by atoms with Gasteiger partial charge in [0.15, 0.2) is 6.10 Å². The number of hydrogen-bond donors (Lipinski definition) is 4. The smallest absolute Gasteiger partial charge is 0.526 e. The van der Waals surface area contributed by atoms with Gasteiger partial charge in [-0.25, -0.2) is 4.79 Å². The second kappa shape index (κ2) is 7.06. The Balaban J connectivity index is 4.85. The molecule has 0 aliphatic carbocycles. The van der Waals surface area contributed by atoms with Crippen LogP contribution in [-0.2, 0) is 23.7 Å². The van der Waals surface area contributed by atoms with Crippen molar-refractivity contribution < 1.29 is 49.4 Å². The zero-order valence-corrected chi connectivity index (χ0v) is 8.81. The molecule has 102 valence electrons. The Bertz CT molecular complexity index is 359. The Hall–Kier alpha value is -2.36. The normalized spacial score (nSPS) is 14.8. The van der Waals surface area contributed by atoms with Gasteiger partial charge in [0.05, 0.1) is 12.8 Å². The molecule has 10 nitrogen and oxygen atoms in total. The summed E-state index contributed by atoms with van der Waals surface area (Å²) >= 11 is 0. The quantitative estimate of drug-likeness (QED) is 0.213. The molecule has 0 aliphatic rings. The summed E-state index contributed by atoms with van der Waals surface area (Å²) in [5, 5.41) is 44.2. The van der Waals surface area contributed by atoms with Crippen LogP contribution in [0.5, 0.6) is 0 Å². The summed E-state index contributed by atoms with van der Waals surface area (Å²) < 4.78 is 7.61. The van der Waals surface area contributed by atoms with Crippen molar-refractivity contribution in [2.45, 2.75) is 25.0 Å². The van der Waals surface area contributed by atoms with Crippen LogP contribution >= 0.6 is 0 Å². The molecule has 0 bridgehead atoms. The monoisotopic (exact) mass is 266 g/mol. The fourth-order valence-corrected chi connectivity index (χ4v) is 0.956. The van der Waals surface area contributed by atoms with E-state index in [-0.39, 0.29) is 0 Å². The van der Waals surface area contributed by atoms with E-state index in [2.05, 4.69) is 9.31 Å². The number of rotatable bonds is 8. The third-order valence-corrected chi connectivity index (χ3v) is 1.68. The van der Waals surface area contributed by atoms with Crippen molar-refractivity contribution in [3.8, 4) is 0 Å². The maximum absolute atomic E-state index is 10.6. The third kappa shape index (κ3) is 5.65. The van der Waals surface area contributed by atoms with Crippen molar-refractivity contribution in [1.82, 2.24) is 0 Å². The largest absolute Gasteiger partial charge is 0.588 e. The Kier molecular flexibility index (Phi) is 6.14. The molecule has 0 aliphatic heterocycles. The lowest BCUT2D eigenvalue weighted by atomic mass is 10.2. The lowest BCUT2D eigenvalue weighted by Gasteiger charge is -2.14. The van der Waals surface area contributed by atoms with Crippen molar-refractivity contribution in [3.63, 3.8) is 0 Å². The predicted octanol–water partition coefficient (Wildman–Crippen LogP) is -2.33. The molecule has 0 fully saturated rings. The van der Waals surface area contributed by atoms with E-state index in [9.17, 15) is 19.6 Å². The number of carboxylic acid groups (broad SMARTS) is 4. The van der Waals surface area contributed by atoms with Gasteiger partial charge in [-0.15, -0.1) is 0 Å². The lowest BCUT2D eigenvalue weighted by molar-refractivity contribution is -1.05. The fourth-order valence-electron chi connectivity index (χ4n) is 0.956. The van der Waals surface area contributed by atoms with Crippen molar-refractivity contribution >= 4 is 23.9 Å². The second-order valence-electron chi connectivity index (χ2n) is 3.07. The lowest BCUT2D eigenvalue weighted by Crippen LogP contribution is -2.38. The maximum Gasteiger partial charge on any atom is 0.526 e. The Morgan fingerprint density at radius 3 is 1.78 bits per heavy atom. The number of carboxylic acids is 4. The highest BCUT2D eigenvalue weighted by molar-refractivity contribution is 5.82. The molecule has 0 amide bonds. The summed E-state index contributed by atoms with van der Waals surface area (Å²) in [6.45, 7) is 0. The zero-order chi connectivity index (χ0) is 14.3. The van der Waals surface area contributed by atoms with Gasteiger partial charge in [-0.1, -0.05) is 0 Å². The number of hydrogen-bond acceptors (Lipinski definition) is 5. The summed E-state index contributed by atoms with van der Waals surface area (Å²) in [5.74, 6) is -6.11. The highest BCUT2D eigenvalue weighted by Crippen LogP contribution is 2.08. The standard InChI is InChI=1S/C8H10O10/c9-5(10)1-3(7(13)14)17-4(2-6(11)12)8(15)18-16/h3-4,15H,1-2H2,(H,9,10)(H,11,12)(H,13,14).